The average Bonchev–Trinajstić information content (AvgIpc) is 1.76. The lowest BCUT2D eigenvalue weighted by atomic mass is 10.4. The Hall–Kier alpha value is 0.110. The monoisotopic (exact) mass is 223 g/mol. The van der Waals surface area contributed by atoms with Crippen molar-refractivity contribution < 1.29 is 13.6 Å². The summed E-state index contributed by atoms with van der Waals surface area (Å²) in [5.74, 6) is 0. The molecule has 0 aliphatic carbocycles. The molecule has 0 aliphatic heterocycles. The Labute approximate surface area is 87.0 Å². The Morgan fingerprint density at radius 3 is 1.50 bits per heavy atom. The van der Waals surface area contributed by atoms with Gasteiger partial charge in [0.1, 0.15) is 0 Å². The molecule has 0 aromatic carbocycles. The molecule has 14 heavy (non-hydrogen) atoms. The van der Waals surface area contributed by atoms with Crippen molar-refractivity contribution in [3.05, 3.63) is 0 Å². The van der Waals surface area contributed by atoms with Crippen LogP contribution in [0.5, 0.6) is 0 Å². The van der Waals surface area contributed by atoms with Gasteiger partial charge in [-0.05, 0) is 41.5 Å². The minimum atomic E-state index is -3.14. The Morgan fingerprint density at radius 2 is 1.29 bits per heavy atom. The van der Waals surface area contributed by atoms with E-state index >= 15 is 0 Å². The number of nitrogens with one attached hydrogen (secondary N) is 1. The van der Waals surface area contributed by atoms with Crippen molar-refractivity contribution in [2.45, 2.75) is 59.8 Å². The van der Waals surface area contributed by atoms with Crippen LogP contribution in [-0.2, 0) is 13.6 Å². The zero-order chi connectivity index (χ0) is 11.4. The van der Waals surface area contributed by atoms with Crippen LogP contribution in [0.1, 0.15) is 41.5 Å². The summed E-state index contributed by atoms with van der Waals surface area (Å²) in [5.41, 5.74) is 0. The minimum absolute atomic E-state index is 0.0679. The molecule has 0 radical (unpaired) electrons. The molecule has 0 bridgehead atoms. The molecule has 0 heterocycles. The van der Waals surface area contributed by atoms with E-state index in [4.69, 9.17) is 9.05 Å². The quantitative estimate of drug-likeness (QED) is 0.703. The van der Waals surface area contributed by atoms with Crippen molar-refractivity contribution in [1.29, 1.82) is 0 Å². The summed E-state index contributed by atoms with van der Waals surface area (Å²) in [5, 5.41) is 2.83. The number of hydrogen-bond acceptors (Lipinski definition) is 3. The van der Waals surface area contributed by atoms with E-state index in [1.54, 1.807) is 0 Å². The van der Waals surface area contributed by atoms with Crippen LogP contribution in [0.25, 0.3) is 0 Å². The molecular formula is C9H22NO3P. The molecular weight excluding hydrogens is 201 g/mol. The third kappa shape index (κ3) is 6.55. The van der Waals surface area contributed by atoms with E-state index in [1.807, 2.05) is 41.5 Å². The van der Waals surface area contributed by atoms with Crippen molar-refractivity contribution in [3.63, 3.8) is 0 Å². The van der Waals surface area contributed by atoms with E-state index in [0.29, 0.717) is 0 Å². The van der Waals surface area contributed by atoms with Crippen LogP contribution in [-0.4, -0.2) is 18.2 Å². The molecule has 0 saturated heterocycles. The third-order valence-corrected chi connectivity index (χ3v) is 3.35. The van der Waals surface area contributed by atoms with Gasteiger partial charge in [-0.25, -0.2) is 9.65 Å². The lowest BCUT2D eigenvalue weighted by molar-refractivity contribution is 0.134. The molecule has 0 aromatic rings. The van der Waals surface area contributed by atoms with Gasteiger partial charge in [0.15, 0.2) is 0 Å². The molecule has 0 aliphatic rings. The molecule has 0 saturated carbocycles. The molecule has 0 spiro atoms. The second-order valence-corrected chi connectivity index (χ2v) is 5.76. The van der Waals surface area contributed by atoms with Gasteiger partial charge in [0.2, 0.25) is 0 Å². The van der Waals surface area contributed by atoms with Crippen LogP contribution in [0.2, 0.25) is 0 Å². The third-order valence-electron chi connectivity index (χ3n) is 1.12. The number of rotatable bonds is 6. The maximum absolute atomic E-state index is 12.1. The van der Waals surface area contributed by atoms with Crippen LogP contribution in [0.15, 0.2) is 0 Å². The molecule has 4 nitrogen and oxygen atoms in total. The molecule has 0 amide bonds. The highest BCUT2D eigenvalue weighted by Gasteiger charge is 2.28. The van der Waals surface area contributed by atoms with Crippen molar-refractivity contribution in [3.8, 4) is 0 Å². The normalized spacial score (nSPS) is 13.2. The van der Waals surface area contributed by atoms with Gasteiger partial charge in [-0.15, -0.1) is 0 Å². The predicted octanol–water partition coefficient (Wildman–Crippen LogP) is 2.94. The second kappa shape index (κ2) is 5.86. The van der Waals surface area contributed by atoms with Gasteiger partial charge in [0, 0.05) is 6.04 Å². The molecule has 1 N–H and O–H groups in total. The lowest BCUT2D eigenvalue weighted by Gasteiger charge is -2.24. The van der Waals surface area contributed by atoms with Crippen molar-refractivity contribution >= 4 is 7.75 Å². The first-order valence-electron chi connectivity index (χ1n) is 5.00. The summed E-state index contributed by atoms with van der Waals surface area (Å²) >= 11 is 0. The van der Waals surface area contributed by atoms with E-state index in [2.05, 4.69) is 5.09 Å². The van der Waals surface area contributed by atoms with E-state index in [9.17, 15) is 4.57 Å². The first-order valence-corrected chi connectivity index (χ1v) is 6.54. The molecule has 0 rings (SSSR count). The second-order valence-electron chi connectivity index (χ2n) is 4.09. The Kier molecular flexibility index (Phi) is 5.91. The van der Waals surface area contributed by atoms with E-state index in [1.165, 1.54) is 0 Å². The first kappa shape index (κ1) is 14.1. The fourth-order valence-electron chi connectivity index (χ4n) is 0.957. The van der Waals surface area contributed by atoms with Gasteiger partial charge in [0.25, 0.3) is 0 Å². The molecule has 0 fully saturated rings. The van der Waals surface area contributed by atoms with E-state index in [-0.39, 0.29) is 18.2 Å². The van der Waals surface area contributed by atoms with Gasteiger partial charge in [-0.3, -0.25) is 9.05 Å². The SMILES string of the molecule is CC(C)NP(=O)(OC(C)C)OC(C)C. The smallest absolute Gasteiger partial charge is 0.294 e. The van der Waals surface area contributed by atoms with Crippen LogP contribution < -0.4 is 5.09 Å². The topological polar surface area (TPSA) is 47.6 Å². The zero-order valence-corrected chi connectivity index (χ0v) is 10.8. The summed E-state index contributed by atoms with van der Waals surface area (Å²) in [6, 6.07) is 0.0679. The van der Waals surface area contributed by atoms with Crippen LogP contribution in [0, 0.1) is 0 Å². The fraction of sp³-hybridized carbons (Fsp3) is 1.00. The number of hydrogen-bond donors (Lipinski definition) is 1. The van der Waals surface area contributed by atoms with Gasteiger partial charge in [-0.2, -0.15) is 0 Å². The van der Waals surface area contributed by atoms with Crippen molar-refractivity contribution in [2.75, 3.05) is 0 Å². The maximum atomic E-state index is 12.1. The van der Waals surface area contributed by atoms with Gasteiger partial charge in [-0.1, -0.05) is 0 Å². The highest BCUT2D eigenvalue weighted by molar-refractivity contribution is 7.51. The van der Waals surface area contributed by atoms with E-state index < -0.39 is 7.75 Å². The van der Waals surface area contributed by atoms with Crippen LogP contribution in [0.3, 0.4) is 0 Å². The summed E-state index contributed by atoms with van der Waals surface area (Å²) in [4.78, 5) is 0. The molecule has 0 aromatic heterocycles. The molecule has 0 unspecified atom stereocenters. The van der Waals surface area contributed by atoms with Gasteiger partial charge < -0.3 is 0 Å². The summed E-state index contributed by atoms with van der Waals surface area (Å²) < 4.78 is 22.7. The Bertz CT molecular complexity index is 171. The van der Waals surface area contributed by atoms with Gasteiger partial charge >= 0.3 is 7.75 Å². The van der Waals surface area contributed by atoms with Crippen molar-refractivity contribution in [2.24, 2.45) is 0 Å². The predicted molar refractivity (Wildman–Crippen MR) is 58.3 cm³/mol. The van der Waals surface area contributed by atoms with Crippen LogP contribution >= 0.6 is 7.75 Å². The van der Waals surface area contributed by atoms with E-state index in [0.717, 1.165) is 0 Å². The summed E-state index contributed by atoms with van der Waals surface area (Å²) in [6.45, 7) is 11.1. The molecule has 86 valence electrons. The van der Waals surface area contributed by atoms with Crippen LogP contribution in [0.4, 0.5) is 0 Å². The minimum Gasteiger partial charge on any atom is -0.294 e. The maximum Gasteiger partial charge on any atom is 0.406 e. The fourth-order valence-corrected chi connectivity index (χ4v) is 2.87. The van der Waals surface area contributed by atoms with Gasteiger partial charge in [0.05, 0.1) is 12.2 Å². The summed E-state index contributed by atoms with van der Waals surface area (Å²) in [7, 11) is -3.14. The zero-order valence-electron chi connectivity index (χ0n) is 9.90. The summed E-state index contributed by atoms with van der Waals surface area (Å²) in [6.07, 6.45) is -0.239. The largest absolute Gasteiger partial charge is 0.406 e. The standard InChI is InChI=1S/C9H22NO3P/c1-7(2)10-14(11,12-8(3)4)13-9(5)6/h7-9H,1-6H3,(H,10,11). The average molecular weight is 223 g/mol. The lowest BCUT2D eigenvalue weighted by Crippen LogP contribution is -2.25. The Balaban J connectivity index is 4.41. The van der Waals surface area contributed by atoms with Crippen molar-refractivity contribution in [1.82, 2.24) is 5.09 Å². The highest BCUT2D eigenvalue weighted by atomic mass is 31.2. The highest BCUT2D eigenvalue weighted by Crippen LogP contribution is 2.46. The molecule has 0 atom stereocenters. The molecule has 5 heteroatoms. The Morgan fingerprint density at radius 1 is 0.929 bits per heavy atom. The first-order chi connectivity index (χ1) is 6.25.